The van der Waals surface area contributed by atoms with Gasteiger partial charge in [0.1, 0.15) is 0 Å². The standard InChI is InChI=1S/C10H13Cl2N3O/c11-8-2-1-7(5-9(8)12)6-14-3-4-15-10(13)16/h1-2,5,14H,3-4,6H2,(H3,13,15,16). The SMILES string of the molecule is NC(=O)NCCNCc1ccc(Cl)c(Cl)c1. The molecule has 4 nitrogen and oxygen atoms in total. The largest absolute Gasteiger partial charge is 0.352 e. The highest BCUT2D eigenvalue weighted by atomic mass is 35.5. The van der Waals surface area contributed by atoms with Crippen molar-refractivity contribution in [3.8, 4) is 0 Å². The van der Waals surface area contributed by atoms with Crippen LogP contribution >= 0.6 is 23.2 Å². The lowest BCUT2D eigenvalue weighted by Gasteiger charge is -2.06. The fourth-order valence-electron chi connectivity index (χ4n) is 1.16. The third-order valence-electron chi connectivity index (χ3n) is 1.91. The molecule has 1 aromatic carbocycles. The molecule has 0 spiro atoms. The maximum Gasteiger partial charge on any atom is 0.312 e. The summed E-state index contributed by atoms with van der Waals surface area (Å²) in [6, 6.07) is 4.93. The van der Waals surface area contributed by atoms with Crippen molar-refractivity contribution >= 4 is 29.2 Å². The first-order valence-corrected chi connectivity index (χ1v) is 5.53. The molecule has 2 amide bonds. The fraction of sp³-hybridized carbons (Fsp3) is 0.300. The van der Waals surface area contributed by atoms with Crippen LogP contribution in [-0.4, -0.2) is 19.1 Å². The van der Waals surface area contributed by atoms with Crippen LogP contribution in [0, 0.1) is 0 Å². The number of carbonyl (C=O) groups excluding carboxylic acids is 1. The Bertz CT molecular complexity index is 371. The molecule has 0 heterocycles. The quantitative estimate of drug-likeness (QED) is 0.708. The Morgan fingerprint density at radius 3 is 2.62 bits per heavy atom. The minimum atomic E-state index is -0.517. The van der Waals surface area contributed by atoms with Crippen molar-refractivity contribution in [2.75, 3.05) is 13.1 Å². The molecule has 0 saturated carbocycles. The van der Waals surface area contributed by atoms with Crippen molar-refractivity contribution in [2.45, 2.75) is 6.54 Å². The fourth-order valence-corrected chi connectivity index (χ4v) is 1.48. The Kier molecular flexibility index (Phi) is 5.38. The van der Waals surface area contributed by atoms with Crippen molar-refractivity contribution in [3.05, 3.63) is 33.8 Å². The van der Waals surface area contributed by atoms with E-state index in [1.807, 2.05) is 6.07 Å². The first-order chi connectivity index (χ1) is 7.59. The van der Waals surface area contributed by atoms with Gasteiger partial charge in [0.25, 0.3) is 0 Å². The number of carbonyl (C=O) groups is 1. The van der Waals surface area contributed by atoms with Crippen LogP contribution < -0.4 is 16.4 Å². The number of nitrogens with two attached hydrogens (primary N) is 1. The molecule has 0 aliphatic rings. The Balaban J connectivity index is 2.27. The molecule has 0 fully saturated rings. The molecule has 0 aromatic heterocycles. The first kappa shape index (κ1) is 13.1. The summed E-state index contributed by atoms with van der Waals surface area (Å²) < 4.78 is 0. The van der Waals surface area contributed by atoms with E-state index in [4.69, 9.17) is 28.9 Å². The van der Waals surface area contributed by atoms with Crippen molar-refractivity contribution < 1.29 is 4.79 Å². The van der Waals surface area contributed by atoms with E-state index in [-0.39, 0.29) is 0 Å². The Labute approximate surface area is 104 Å². The zero-order valence-electron chi connectivity index (χ0n) is 8.59. The van der Waals surface area contributed by atoms with E-state index in [1.165, 1.54) is 0 Å². The molecule has 1 rings (SSSR count). The summed E-state index contributed by atoms with van der Waals surface area (Å²) in [5.41, 5.74) is 5.95. The molecule has 1 aromatic rings. The minimum Gasteiger partial charge on any atom is -0.352 e. The number of rotatable bonds is 5. The number of hydrogen-bond donors (Lipinski definition) is 3. The van der Waals surface area contributed by atoms with Crippen LogP contribution in [0.25, 0.3) is 0 Å². The van der Waals surface area contributed by atoms with E-state index in [9.17, 15) is 4.79 Å². The molecule has 0 aliphatic heterocycles. The molecule has 0 aliphatic carbocycles. The number of hydrogen-bond acceptors (Lipinski definition) is 2. The van der Waals surface area contributed by atoms with E-state index in [2.05, 4.69) is 10.6 Å². The van der Waals surface area contributed by atoms with Crippen LogP contribution in [0.5, 0.6) is 0 Å². The zero-order valence-corrected chi connectivity index (χ0v) is 10.1. The monoisotopic (exact) mass is 261 g/mol. The lowest BCUT2D eigenvalue weighted by molar-refractivity contribution is 0.249. The van der Waals surface area contributed by atoms with Gasteiger partial charge >= 0.3 is 6.03 Å². The van der Waals surface area contributed by atoms with Gasteiger partial charge in [-0.05, 0) is 17.7 Å². The van der Waals surface area contributed by atoms with Gasteiger partial charge in [0.15, 0.2) is 0 Å². The third kappa shape index (κ3) is 4.70. The van der Waals surface area contributed by atoms with Crippen molar-refractivity contribution in [1.29, 1.82) is 0 Å². The maximum absolute atomic E-state index is 10.4. The van der Waals surface area contributed by atoms with Gasteiger partial charge in [0, 0.05) is 19.6 Å². The van der Waals surface area contributed by atoms with Crippen LogP contribution in [0.1, 0.15) is 5.56 Å². The Hall–Kier alpha value is -0.970. The normalized spacial score (nSPS) is 10.1. The average Bonchev–Trinajstić information content (AvgIpc) is 2.22. The lowest BCUT2D eigenvalue weighted by atomic mass is 10.2. The van der Waals surface area contributed by atoms with Crippen LogP contribution in [-0.2, 0) is 6.54 Å². The Morgan fingerprint density at radius 1 is 1.25 bits per heavy atom. The highest BCUT2D eigenvalue weighted by molar-refractivity contribution is 6.42. The van der Waals surface area contributed by atoms with Crippen LogP contribution in [0.15, 0.2) is 18.2 Å². The second kappa shape index (κ2) is 6.58. The summed E-state index contributed by atoms with van der Waals surface area (Å²) in [5, 5.41) is 6.69. The van der Waals surface area contributed by atoms with Gasteiger partial charge < -0.3 is 16.4 Å². The molecule has 88 valence electrons. The molecule has 6 heteroatoms. The van der Waals surface area contributed by atoms with E-state index in [0.29, 0.717) is 29.7 Å². The van der Waals surface area contributed by atoms with Crippen molar-refractivity contribution in [1.82, 2.24) is 10.6 Å². The van der Waals surface area contributed by atoms with E-state index in [0.717, 1.165) is 5.56 Å². The zero-order chi connectivity index (χ0) is 12.0. The highest BCUT2D eigenvalue weighted by Gasteiger charge is 1.99. The second-order valence-electron chi connectivity index (χ2n) is 3.22. The van der Waals surface area contributed by atoms with Crippen molar-refractivity contribution in [3.63, 3.8) is 0 Å². The summed E-state index contributed by atoms with van der Waals surface area (Å²) in [5.74, 6) is 0. The molecule has 0 radical (unpaired) electrons. The van der Waals surface area contributed by atoms with Gasteiger partial charge in [0.2, 0.25) is 0 Å². The molecular formula is C10H13Cl2N3O. The van der Waals surface area contributed by atoms with Gasteiger partial charge in [-0.2, -0.15) is 0 Å². The number of primary amides is 1. The summed E-state index contributed by atoms with van der Waals surface area (Å²) in [4.78, 5) is 10.4. The van der Waals surface area contributed by atoms with E-state index in [1.54, 1.807) is 12.1 Å². The highest BCUT2D eigenvalue weighted by Crippen LogP contribution is 2.22. The number of amides is 2. The number of benzene rings is 1. The van der Waals surface area contributed by atoms with Gasteiger partial charge in [-0.3, -0.25) is 0 Å². The third-order valence-corrected chi connectivity index (χ3v) is 2.65. The molecule has 4 N–H and O–H groups in total. The van der Waals surface area contributed by atoms with Crippen LogP contribution in [0.2, 0.25) is 10.0 Å². The van der Waals surface area contributed by atoms with Crippen molar-refractivity contribution in [2.24, 2.45) is 5.73 Å². The molecule has 16 heavy (non-hydrogen) atoms. The lowest BCUT2D eigenvalue weighted by Crippen LogP contribution is -2.35. The summed E-state index contributed by atoms with van der Waals surface area (Å²) in [6.45, 7) is 1.80. The van der Waals surface area contributed by atoms with E-state index < -0.39 is 6.03 Å². The topological polar surface area (TPSA) is 67.2 Å². The smallest absolute Gasteiger partial charge is 0.312 e. The van der Waals surface area contributed by atoms with Gasteiger partial charge in [-0.1, -0.05) is 29.3 Å². The summed E-state index contributed by atoms with van der Waals surface area (Å²) in [7, 11) is 0. The van der Waals surface area contributed by atoms with Gasteiger partial charge in [0.05, 0.1) is 10.0 Å². The molecule has 0 saturated heterocycles. The van der Waals surface area contributed by atoms with Crippen LogP contribution in [0.4, 0.5) is 4.79 Å². The predicted molar refractivity (Wildman–Crippen MR) is 65.8 cm³/mol. The predicted octanol–water partition coefficient (Wildman–Crippen LogP) is 1.75. The maximum atomic E-state index is 10.4. The Morgan fingerprint density at radius 2 is 2.00 bits per heavy atom. The molecule has 0 unspecified atom stereocenters. The number of nitrogens with one attached hydrogen (secondary N) is 2. The van der Waals surface area contributed by atoms with E-state index >= 15 is 0 Å². The minimum absolute atomic E-state index is 0.497. The first-order valence-electron chi connectivity index (χ1n) is 4.77. The molecule has 0 atom stereocenters. The summed E-state index contributed by atoms with van der Waals surface area (Å²) in [6.07, 6.45) is 0. The average molecular weight is 262 g/mol. The molecule has 0 bridgehead atoms. The van der Waals surface area contributed by atoms with Gasteiger partial charge in [-0.15, -0.1) is 0 Å². The number of urea groups is 1. The van der Waals surface area contributed by atoms with Crippen LogP contribution in [0.3, 0.4) is 0 Å². The second-order valence-corrected chi connectivity index (χ2v) is 4.03. The number of halogens is 2. The molecular weight excluding hydrogens is 249 g/mol. The van der Waals surface area contributed by atoms with Gasteiger partial charge in [-0.25, -0.2) is 4.79 Å². The summed E-state index contributed by atoms with van der Waals surface area (Å²) >= 11 is 11.6.